The van der Waals surface area contributed by atoms with Crippen LogP contribution in [0.2, 0.25) is 0 Å². The molecule has 10 heteroatoms. The molecule has 128 valence electrons. The third-order valence-corrected chi connectivity index (χ3v) is 3.55. The maximum atomic E-state index is 11.9. The summed E-state index contributed by atoms with van der Waals surface area (Å²) in [4.78, 5) is 34.1. The highest BCUT2D eigenvalue weighted by Crippen LogP contribution is 2.14. The summed E-state index contributed by atoms with van der Waals surface area (Å²) in [6, 6.07) is 1.87. The lowest BCUT2D eigenvalue weighted by Gasteiger charge is -2.11. The molecule has 2 heterocycles. The van der Waals surface area contributed by atoms with E-state index >= 15 is 0 Å². The van der Waals surface area contributed by atoms with Crippen molar-refractivity contribution in [1.82, 2.24) is 24.9 Å². The summed E-state index contributed by atoms with van der Waals surface area (Å²) in [6.45, 7) is 3.69. The van der Waals surface area contributed by atoms with Gasteiger partial charge in [0.1, 0.15) is 0 Å². The maximum absolute atomic E-state index is 11.9. The average Bonchev–Trinajstić information content (AvgIpc) is 2.49. The van der Waals surface area contributed by atoms with Gasteiger partial charge in [0.25, 0.3) is 0 Å². The van der Waals surface area contributed by atoms with Crippen LogP contribution in [0.3, 0.4) is 0 Å². The highest BCUT2D eigenvalue weighted by molar-refractivity contribution is 7.99. The minimum atomic E-state index is -0.409. The van der Waals surface area contributed by atoms with Gasteiger partial charge in [0.15, 0.2) is 17.6 Å². The number of aryl methyl sites for hydroxylation is 2. The predicted molar refractivity (Wildman–Crippen MR) is 90.6 cm³/mol. The fourth-order valence-corrected chi connectivity index (χ4v) is 2.51. The number of hydrogen-bond acceptors (Lipinski definition) is 10. The fraction of sp³-hybridized carbons (Fsp3) is 0.429. The number of carbonyl (C=O) groups excluding carboxylic acids is 1. The van der Waals surface area contributed by atoms with E-state index in [9.17, 15) is 4.79 Å². The van der Waals surface area contributed by atoms with Crippen molar-refractivity contribution in [3.8, 4) is 0 Å². The van der Waals surface area contributed by atoms with Gasteiger partial charge in [0.05, 0.1) is 5.75 Å². The third kappa shape index (κ3) is 5.30. The molecule has 2 aromatic heterocycles. The van der Waals surface area contributed by atoms with E-state index in [1.165, 1.54) is 11.8 Å². The van der Waals surface area contributed by atoms with E-state index in [-0.39, 0.29) is 18.3 Å². The van der Waals surface area contributed by atoms with Crippen molar-refractivity contribution >= 4 is 29.6 Å². The van der Waals surface area contributed by atoms with Gasteiger partial charge in [0, 0.05) is 25.5 Å². The van der Waals surface area contributed by atoms with Gasteiger partial charge in [-0.3, -0.25) is 4.79 Å². The summed E-state index contributed by atoms with van der Waals surface area (Å²) in [5, 5.41) is 0.545. The first-order valence-electron chi connectivity index (χ1n) is 7.12. The molecule has 2 rings (SSSR count). The molecule has 0 aliphatic carbocycles. The zero-order chi connectivity index (χ0) is 17.7. The second-order valence-electron chi connectivity index (χ2n) is 5.19. The summed E-state index contributed by atoms with van der Waals surface area (Å²) < 4.78 is 5.16. The Morgan fingerprint density at radius 3 is 2.46 bits per heavy atom. The summed E-state index contributed by atoms with van der Waals surface area (Å²) >= 11 is 1.22. The Labute approximate surface area is 144 Å². The van der Waals surface area contributed by atoms with Crippen molar-refractivity contribution in [2.24, 2.45) is 0 Å². The first-order valence-corrected chi connectivity index (χ1v) is 8.10. The lowest BCUT2D eigenvalue weighted by molar-refractivity contribution is -0.141. The van der Waals surface area contributed by atoms with Crippen molar-refractivity contribution in [2.75, 3.05) is 30.5 Å². The highest BCUT2D eigenvalue weighted by Gasteiger charge is 2.11. The summed E-state index contributed by atoms with van der Waals surface area (Å²) in [5.74, 6) is 0.481. The quantitative estimate of drug-likeness (QED) is 0.454. The molecule has 2 N–H and O–H groups in total. The number of thioether (sulfide) groups is 1. The average molecular weight is 349 g/mol. The molecule has 0 spiro atoms. The van der Waals surface area contributed by atoms with E-state index in [1.807, 2.05) is 19.9 Å². The number of nitrogens with zero attached hydrogens (tertiary/aromatic N) is 6. The fourth-order valence-electron chi connectivity index (χ4n) is 1.76. The van der Waals surface area contributed by atoms with E-state index < -0.39 is 5.97 Å². The Morgan fingerprint density at radius 1 is 1.17 bits per heavy atom. The van der Waals surface area contributed by atoms with Crippen LogP contribution in [0.1, 0.15) is 17.2 Å². The number of carbonyl (C=O) groups is 1. The van der Waals surface area contributed by atoms with Gasteiger partial charge in [-0.15, -0.1) is 0 Å². The molecule has 2 aromatic rings. The van der Waals surface area contributed by atoms with Crippen molar-refractivity contribution in [2.45, 2.75) is 25.6 Å². The standard InChI is InChI=1S/C14H19N7O2S/c1-8-5-9(2)17-14(16-8)24-7-11(22)23-6-10-18-12(15)20-13(19-10)21(3)4/h5H,6-7H2,1-4H3,(H2,15,18,19,20). The Hall–Kier alpha value is -2.49. The van der Waals surface area contributed by atoms with Crippen LogP contribution in [-0.2, 0) is 16.1 Å². The van der Waals surface area contributed by atoms with Gasteiger partial charge in [0.2, 0.25) is 11.9 Å². The van der Waals surface area contributed by atoms with Gasteiger partial charge in [-0.05, 0) is 19.9 Å². The SMILES string of the molecule is Cc1cc(C)nc(SCC(=O)OCc2nc(N)nc(N(C)C)n2)n1. The topological polar surface area (TPSA) is 120 Å². The lowest BCUT2D eigenvalue weighted by Crippen LogP contribution is -2.17. The van der Waals surface area contributed by atoms with Crippen LogP contribution < -0.4 is 10.6 Å². The maximum Gasteiger partial charge on any atom is 0.316 e. The Bertz CT molecular complexity index is 719. The minimum Gasteiger partial charge on any atom is -0.457 e. The molecule has 0 amide bonds. The number of ether oxygens (including phenoxy) is 1. The summed E-state index contributed by atoms with van der Waals surface area (Å²) in [5.41, 5.74) is 7.33. The number of rotatable bonds is 6. The van der Waals surface area contributed by atoms with Crippen molar-refractivity contribution < 1.29 is 9.53 Å². The van der Waals surface area contributed by atoms with Crippen molar-refractivity contribution in [1.29, 1.82) is 0 Å². The van der Waals surface area contributed by atoms with Gasteiger partial charge < -0.3 is 15.4 Å². The second-order valence-corrected chi connectivity index (χ2v) is 6.13. The van der Waals surface area contributed by atoms with Gasteiger partial charge in [-0.25, -0.2) is 9.97 Å². The molecule has 0 unspecified atom stereocenters. The molecular weight excluding hydrogens is 330 g/mol. The third-order valence-electron chi connectivity index (χ3n) is 2.73. The van der Waals surface area contributed by atoms with Gasteiger partial charge in [-0.1, -0.05) is 11.8 Å². The Balaban J connectivity index is 1.89. The second kappa shape index (κ2) is 7.86. The van der Waals surface area contributed by atoms with E-state index in [4.69, 9.17) is 10.5 Å². The molecule has 0 radical (unpaired) electrons. The van der Waals surface area contributed by atoms with E-state index in [0.717, 1.165) is 11.4 Å². The molecule has 0 bridgehead atoms. The van der Waals surface area contributed by atoms with Crippen LogP contribution in [-0.4, -0.2) is 50.7 Å². The molecule has 0 aromatic carbocycles. The number of nitrogens with two attached hydrogens (primary N) is 1. The molecule has 9 nitrogen and oxygen atoms in total. The van der Waals surface area contributed by atoms with Crippen molar-refractivity contribution in [3.05, 3.63) is 23.3 Å². The molecule has 0 aliphatic rings. The number of esters is 1. The first kappa shape index (κ1) is 17.9. The zero-order valence-corrected chi connectivity index (χ0v) is 14.8. The highest BCUT2D eigenvalue weighted by atomic mass is 32.2. The lowest BCUT2D eigenvalue weighted by atomic mass is 10.4. The van der Waals surface area contributed by atoms with Gasteiger partial charge >= 0.3 is 5.97 Å². The number of anilines is 2. The van der Waals surface area contributed by atoms with Crippen LogP contribution in [0.25, 0.3) is 0 Å². The zero-order valence-electron chi connectivity index (χ0n) is 14.0. The van der Waals surface area contributed by atoms with Gasteiger partial charge in [-0.2, -0.15) is 15.0 Å². The van der Waals surface area contributed by atoms with Crippen LogP contribution in [0.5, 0.6) is 0 Å². The molecular formula is C14H19N7O2S. The van der Waals surface area contributed by atoms with E-state index in [0.29, 0.717) is 16.9 Å². The van der Waals surface area contributed by atoms with Crippen LogP contribution in [0.4, 0.5) is 11.9 Å². The predicted octanol–water partition coefficient (Wildman–Crippen LogP) is 0.762. The normalized spacial score (nSPS) is 10.5. The molecule has 0 aliphatic heterocycles. The van der Waals surface area contributed by atoms with E-state index in [2.05, 4.69) is 24.9 Å². The molecule has 0 saturated heterocycles. The summed E-state index contributed by atoms with van der Waals surface area (Å²) in [6.07, 6.45) is 0. The Morgan fingerprint density at radius 2 is 1.83 bits per heavy atom. The molecule has 0 atom stereocenters. The van der Waals surface area contributed by atoms with E-state index in [1.54, 1.807) is 19.0 Å². The number of nitrogen functional groups attached to an aromatic ring is 1. The van der Waals surface area contributed by atoms with Crippen molar-refractivity contribution in [3.63, 3.8) is 0 Å². The molecule has 24 heavy (non-hydrogen) atoms. The Kier molecular flexibility index (Phi) is 5.85. The number of aromatic nitrogens is 5. The monoisotopic (exact) mass is 349 g/mol. The van der Waals surface area contributed by atoms with Crippen LogP contribution in [0.15, 0.2) is 11.2 Å². The largest absolute Gasteiger partial charge is 0.457 e. The smallest absolute Gasteiger partial charge is 0.316 e. The van der Waals surface area contributed by atoms with Crippen LogP contribution >= 0.6 is 11.8 Å². The molecule has 0 saturated carbocycles. The minimum absolute atomic E-state index is 0.0688. The summed E-state index contributed by atoms with van der Waals surface area (Å²) in [7, 11) is 3.57. The number of hydrogen-bond donors (Lipinski definition) is 1. The van der Waals surface area contributed by atoms with Crippen LogP contribution in [0, 0.1) is 13.8 Å². The first-order chi connectivity index (χ1) is 11.3. The molecule has 0 fully saturated rings.